The van der Waals surface area contributed by atoms with Crippen LogP contribution in [0.4, 0.5) is 9.59 Å². The fourth-order valence-corrected chi connectivity index (χ4v) is 8.17. The molecule has 5 aromatic rings. The molecule has 2 aliphatic rings. The highest BCUT2D eigenvalue weighted by Gasteiger charge is 2.40. The van der Waals surface area contributed by atoms with E-state index in [9.17, 15) is 19.2 Å². The highest BCUT2D eigenvalue weighted by molar-refractivity contribution is 5.92. The minimum Gasteiger partial charge on any atom is -0.453 e. The van der Waals surface area contributed by atoms with Crippen molar-refractivity contribution in [2.45, 2.75) is 83.1 Å². The van der Waals surface area contributed by atoms with Crippen LogP contribution >= 0.6 is 0 Å². The predicted molar refractivity (Wildman–Crippen MR) is 219 cm³/mol. The normalized spacial score (nSPS) is 18.9. The average Bonchev–Trinajstić information content (AvgIpc) is 4.09. The molecule has 4 N–H and O–H groups in total. The summed E-state index contributed by atoms with van der Waals surface area (Å²) >= 11 is 0. The Hall–Kier alpha value is -5.96. The first-order valence-electron chi connectivity index (χ1n) is 19.9. The number of amides is 4. The Labute approximate surface area is 337 Å². The largest absolute Gasteiger partial charge is 0.453 e. The lowest BCUT2D eigenvalue weighted by Gasteiger charge is -2.30. The number of carbonyl (C=O) groups excluding carboxylic acids is 4. The van der Waals surface area contributed by atoms with E-state index in [1.54, 1.807) is 18.0 Å². The first-order chi connectivity index (χ1) is 28.0. The van der Waals surface area contributed by atoms with Gasteiger partial charge in [0, 0.05) is 25.8 Å². The van der Waals surface area contributed by atoms with Crippen molar-refractivity contribution in [3.63, 3.8) is 0 Å². The summed E-state index contributed by atoms with van der Waals surface area (Å²) in [6.07, 6.45) is 3.83. The minimum absolute atomic E-state index is 0.0613. The SMILES string of the molecule is CC[C@H](C)[C@H](NC(=O)OC)C(=O)N1CCC[C@H]1c1nc2ccc(-c3ccc4cc(-c5cnc([C@@H]6CCCN6C(=O)[C@@H](NC(=O)OC)[C@@H](C)OC)[nH]5)ccc4c3)cc2[nH]1. The highest BCUT2D eigenvalue weighted by Crippen LogP contribution is 2.36. The number of hydrogen-bond acceptors (Lipinski definition) is 9. The highest BCUT2D eigenvalue weighted by atomic mass is 16.5. The van der Waals surface area contributed by atoms with E-state index in [-0.39, 0.29) is 29.8 Å². The van der Waals surface area contributed by atoms with E-state index in [4.69, 9.17) is 24.2 Å². The van der Waals surface area contributed by atoms with Crippen LogP contribution in [-0.4, -0.2) is 106 Å². The molecule has 2 aromatic heterocycles. The molecule has 3 aromatic carbocycles. The van der Waals surface area contributed by atoms with E-state index in [1.165, 1.54) is 21.3 Å². The number of nitrogens with one attached hydrogen (secondary N) is 4. The Balaban J connectivity index is 1.07. The van der Waals surface area contributed by atoms with E-state index < -0.39 is 30.4 Å². The van der Waals surface area contributed by atoms with E-state index in [0.29, 0.717) is 18.9 Å². The molecule has 0 bridgehead atoms. The minimum atomic E-state index is -0.900. The maximum absolute atomic E-state index is 13.8. The van der Waals surface area contributed by atoms with Crippen molar-refractivity contribution in [3.05, 3.63) is 72.4 Å². The third kappa shape index (κ3) is 8.08. The molecular weight excluding hydrogens is 741 g/mol. The first kappa shape index (κ1) is 40.2. The van der Waals surface area contributed by atoms with Gasteiger partial charge in [-0.05, 0) is 84.7 Å². The molecule has 2 fully saturated rings. The summed E-state index contributed by atoms with van der Waals surface area (Å²) in [7, 11) is 4.06. The molecule has 0 unspecified atom stereocenters. The maximum atomic E-state index is 13.8. The van der Waals surface area contributed by atoms with E-state index in [1.807, 2.05) is 24.8 Å². The van der Waals surface area contributed by atoms with Crippen LogP contribution in [0.25, 0.3) is 44.2 Å². The summed E-state index contributed by atoms with van der Waals surface area (Å²) < 4.78 is 15.0. The molecule has 306 valence electrons. The summed E-state index contributed by atoms with van der Waals surface area (Å²) in [5, 5.41) is 7.52. The standard InChI is InChI=1S/C43H52N8O7/c1-7-24(2)36(48-42(54)57-5)40(52)51-19-9-11-35(51)39-45-31-17-16-29(22-32(31)46-39)27-12-13-28-21-30(15-14-26(28)20-27)33-23-44-38(47-33)34-10-8-18-50(34)41(53)37(25(3)56-4)49-43(55)58-6/h12-17,20-25,34-37H,7-11,18-19H2,1-6H3,(H,44,47)(H,45,46)(H,48,54)(H,49,55)/t24-,25+,34-,35-,36-,37-/m0/s1. The topological polar surface area (TPSA) is 184 Å². The van der Waals surface area contributed by atoms with Gasteiger partial charge in [0.05, 0.1) is 55.3 Å². The maximum Gasteiger partial charge on any atom is 0.407 e. The number of benzene rings is 3. The fourth-order valence-electron chi connectivity index (χ4n) is 8.17. The zero-order valence-corrected chi connectivity index (χ0v) is 33.8. The van der Waals surface area contributed by atoms with Crippen molar-refractivity contribution >= 4 is 45.8 Å². The molecular formula is C43H52N8O7. The van der Waals surface area contributed by atoms with Crippen LogP contribution in [-0.2, 0) is 23.8 Å². The Morgan fingerprint density at radius 1 is 0.759 bits per heavy atom. The van der Waals surface area contributed by atoms with Gasteiger partial charge < -0.3 is 44.6 Å². The van der Waals surface area contributed by atoms with E-state index >= 15 is 0 Å². The van der Waals surface area contributed by atoms with Crippen LogP contribution in [0.3, 0.4) is 0 Å². The van der Waals surface area contributed by atoms with Crippen molar-refractivity contribution in [2.24, 2.45) is 5.92 Å². The molecule has 4 heterocycles. The van der Waals surface area contributed by atoms with Gasteiger partial charge in [0.15, 0.2) is 0 Å². The molecule has 2 saturated heterocycles. The summed E-state index contributed by atoms with van der Waals surface area (Å²) in [5.74, 6) is 0.991. The smallest absolute Gasteiger partial charge is 0.407 e. The van der Waals surface area contributed by atoms with Gasteiger partial charge in [-0.3, -0.25) is 9.59 Å². The third-order valence-electron chi connectivity index (χ3n) is 11.8. The number of ether oxygens (including phenoxy) is 3. The number of carbonyl (C=O) groups is 4. The van der Waals surface area contributed by atoms with Crippen LogP contribution in [0.2, 0.25) is 0 Å². The Bertz CT molecular complexity index is 2300. The number of H-pyrrole nitrogens is 2. The average molecular weight is 793 g/mol. The van der Waals surface area contributed by atoms with Crippen LogP contribution in [0, 0.1) is 5.92 Å². The van der Waals surface area contributed by atoms with Crippen molar-refractivity contribution < 1.29 is 33.4 Å². The Morgan fingerprint density at radius 2 is 1.33 bits per heavy atom. The summed E-state index contributed by atoms with van der Waals surface area (Å²) in [4.78, 5) is 71.8. The second-order valence-corrected chi connectivity index (χ2v) is 15.2. The number of alkyl carbamates (subject to hydrolysis) is 2. The van der Waals surface area contributed by atoms with Crippen molar-refractivity contribution in [1.82, 2.24) is 40.4 Å². The Kier molecular flexibility index (Phi) is 12.0. The molecule has 0 aliphatic carbocycles. The number of nitrogens with zero attached hydrogens (tertiary/aromatic N) is 4. The zero-order chi connectivity index (χ0) is 41.1. The number of methoxy groups -OCH3 is 3. The van der Waals surface area contributed by atoms with E-state index in [2.05, 4.69) is 69.1 Å². The Morgan fingerprint density at radius 3 is 1.97 bits per heavy atom. The predicted octanol–water partition coefficient (Wildman–Crippen LogP) is 6.63. The number of aromatic nitrogens is 4. The molecule has 0 saturated carbocycles. The van der Waals surface area contributed by atoms with Crippen LogP contribution < -0.4 is 10.6 Å². The summed E-state index contributed by atoms with van der Waals surface area (Å²) in [6.45, 7) is 6.83. The lowest BCUT2D eigenvalue weighted by Crippen LogP contribution is -2.54. The van der Waals surface area contributed by atoms with Crippen LogP contribution in [0.5, 0.6) is 0 Å². The molecule has 58 heavy (non-hydrogen) atoms. The number of likely N-dealkylation sites (tertiary alicyclic amines) is 2. The van der Waals surface area contributed by atoms with Gasteiger partial charge in [-0.25, -0.2) is 19.6 Å². The molecule has 7 rings (SSSR count). The molecule has 0 spiro atoms. The molecule has 6 atom stereocenters. The van der Waals surface area contributed by atoms with Gasteiger partial charge >= 0.3 is 12.2 Å². The van der Waals surface area contributed by atoms with E-state index in [0.717, 1.165) is 82.1 Å². The number of imidazole rings is 2. The van der Waals surface area contributed by atoms with Gasteiger partial charge in [0.25, 0.3) is 0 Å². The lowest BCUT2D eigenvalue weighted by atomic mass is 9.97. The zero-order valence-electron chi connectivity index (χ0n) is 33.8. The second kappa shape index (κ2) is 17.3. The molecule has 15 heteroatoms. The number of aromatic amines is 2. The summed E-state index contributed by atoms with van der Waals surface area (Å²) in [5.41, 5.74) is 5.60. The van der Waals surface area contributed by atoms with Crippen molar-refractivity contribution in [3.8, 4) is 22.4 Å². The second-order valence-electron chi connectivity index (χ2n) is 15.2. The van der Waals surface area contributed by atoms with Gasteiger partial charge in [-0.15, -0.1) is 0 Å². The van der Waals surface area contributed by atoms with Gasteiger partial charge in [0.1, 0.15) is 23.7 Å². The fraction of sp³-hybridized carbons (Fsp3) is 0.442. The summed E-state index contributed by atoms with van der Waals surface area (Å²) in [6, 6.07) is 16.7. The first-order valence-corrected chi connectivity index (χ1v) is 19.9. The number of fused-ring (bicyclic) bond motifs is 2. The molecule has 4 amide bonds. The number of hydrogen-bond donors (Lipinski definition) is 4. The molecule has 0 radical (unpaired) electrons. The van der Waals surface area contributed by atoms with Gasteiger partial charge in [-0.2, -0.15) is 0 Å². The van der Waals surface area contributed by atoms with Crippen molar-refractivity contribution in [1.29, 1.82) is 0 Å². The monoisotopic (exact) mass is 792 g/mol. The quantitative estimate of drug-likeness (QED) is 0.108. The third-order valence-corrected chi connectivity index (χ3v) is 11.8. The molecule has 2 aliphatic heterocycles. The van der Waals surface area contributed by atoms with Gasteiger partial charge in [-0.1, -0.05) is 50.6 Å². The van der Waals surface area contributed by atoms with Gasteiger partial charge in [0.2, 0.25) is 11.8 Å². The molecule has 15 nitrogen and oxygen atoms in total. The number of rotatable bonds is 12. The van der Waals surface area contributed by atoms with Crippen LogP contribution in [0.15, 0.2) is 60.8 Å². The van der Waals surface area contributed by atoms with Crippen LogP contribution in [0.1, 0.15) is 76.6 Å². The lowest BCUT2D eigenvalue weighted by molar-refractivity contribution is -0.137. The van der Waals surface area contributed by atoms with Crippen molar-refractivity contribution in [2.75, 3.05) is 34.4 Å².